The van der Waals surface area contributed by atoms with Crippen molar-refractivity contribution in [1.82, 2.24) is 4.90 Å². The van der Waals surface area contributed by atoms with Crippen LogP contribution in [0.5, 0.6) is 0 Å². The van der Waals surface area contributed by atoms with Crippen LogP contribution >= 0.6 is 0 Å². The summed E-state index contributed by atoms with van der Waals surface area (Å²) in [5.41, 5.74) is 1.34. The maximum Gasteiger partial charge on any atom is 0.241 e. The van der Waals surface area contributed by atoms with Crippen molar-refractivity contribution in [3.63, 3.8) is 0 Å². The predicted molar refractivity (Wildman–Crippen MR) is 99.9 cm³/mol. The molecule has 0 saturated heterocycles. The largest absolute Gasteiger partial charge is 0.322 e. The smallest absolute Gasteiger partial charge is 0.241 e. The third kappa shape index (κ3) is 4.03. The van der Waals surface area contributed by atoms with Gasteiger partial charge in [0.05, 0.1) is 11.7 Å². The van der Waals surface area contributed by atoms with Crippen LogP contribution in [0.25, 0.3) is 10.8 Å². The molecule has 0 unspecified atom stereocenters. The number of carbonyl (C=O) groups is 1. The van der Waals surface area contributed by atoms with Gasteiger partial charge in [0, 0.05) is 6.54 Å². The van der Waals surface area contributed by atoms with Gasteiger partial charge in [0.1, 0.15) is 5.82 Å². The Hall–Kier alpha value is -2.72. The molecule has 1 amide bonds. The maximum atomic E-state index is 13.7. The average molecular weight is 336 g/mol. The second kappa shape index (κ2) is 7.45. The number of fused-ring (bicyclic) bond motifs is 1. The molecule has 0 spiro atoms. The molecule has 0 heterocycles. The standard InChI is InChI=1S/C21H21FN2O/c1-15(21(25)23-20-10-6-5-9-19(20)22)24(2)14-16-11-12-17-7-3-4-8-18(17)13-16/h3-13,15H,14H2,1-2H3,(H,23,25)/t15-/m1/s1. The molecule has 25 heavy (non-hydrogen) atoms. The third-order valence-corrected chi connectivity index (χ3v) is 4.42. The van der Waals surface area contributed by atoms with Crippen molar-refractivity contribution in [3.8, 4) is 0 Å². The lowest BCUT2D eigenvalue weighted by atomic mass is 10.1. The highest BCUT2D eigenvalue weighted by molar-refractivity contribution is 5.94. The van der Waals surface area contributed by atoms with Crippen LogP contribution in [-0.4, -0.2) is 23.9 Å². The summed E-state index contributed by atoms with van der Waals surface area (Å²) < 4.78 is 13.7. The van der Waals surface area contributed by atoms with Gasteiger partial charge in [-0.2, -0.15) is 0 Å². The van der Waals surface area contributed by atoms with Crippen molar-refractivity contribution in [2.24, 2.45) is 0 Å². The summed E-state index contributed by atoms with van der Waals surface area (Å²) in [5, 5.41) is 5.02. The Kier molecular flexibility index (Phi) is 5.10. The summed E-state index contributed by atoms with van der Waals surface area (Å²) in [6.07, 6.45) is 0. The van der Waals surface area contributed by atoms with Crippen LogP contribution in [0.3, 0.4) is 0 Å². The minimum Gasteiger partial charge on any atom is -0.322 e. The third-order valence-electron chi connectivity index (χ3n) is 4.42. The first kappa shape index (κ1) is 17.1. The number of hydrogen-bond acceptors (Lipinski definition) is 2. The number of likely N-dealkylation sites (N-methyl/N-ethyl adjacent to an activating group) is 1. The highest BCUT2D eigenvalue weighted by Gasteiger charge is 2.19. The number of hydrogen-bond donors (Lipinski definition) is 1. The molecule has 4 heteroatoms. The molecule has 3 rings (SSSR count). The Morgan fingerprint density at radius 3 is 2.48 bits per heavy atom. The van der Waals surface area contributed by atoms with E-state index in [2.05, 4.69) is 35.6 Å². The summed E-state index contributed by atoms with van der Waals surface area (Å²) in [6.45, 7) is 2.45. The Balaban J connectivity index is 1.67. The predicted octanol–water partition coefficient (Wildman–Crippen LogP) is 4.44. The van der Waals surface area contributed by atoms with Crippen LogP contribution in [0.15, 0.2) is 66.7 Å². The van der Waals surface area contributed by atoms with Crippen molar-refractivity contribution < 1.29 is 9.18 Å². The van der Waals surface area contributed by atoms with Crippen LogP contribution in [0.1, 0.15) is 12.5 Å². The lowest BCUT2D eigenvalue weighted by Gasteiger charge is -2.24. The van der Waals surface area contributed by atoms with Gasteiger partial charge in [-0.3, -0.25) is 9.69 Å². The van der Waals surface area contributed by atoms with Crippen molar-refractivity contribution in [1.29, 1.82) is 0 Å². The zero-order valence-electron chi connectivity index (χ0n) is 14.4. The first-order valence-electron chi connectivity index (χ1n) is 8.28. The van der Waals surface area contributed by atoms with Gasteiger partial charge in [-0.05, 0) is 48.5 Å². The van der Waals surface area contributed by atoms with Crippen molar-refractivity contribution in [2.75, 3.05) is 12.4 Å². The minimum atomic E-state index is -0.430. The Morgan fingerprint density at radius 2 is 1.72 bits per heavy atom. The number of nitrogens with one attached hydrogen (secondary N) is 1. The topological polar surface area (TPSA) is 32.3 Å². The molecule has 0 aromatic heterocycles. The number of rotatable bonds is 5. The SMILES string of the molecule is C[C@H](C(=O)Nc1ccccc1F)N(C)Cc1ccc2ccccc2c1. The van der Waals surface area contributed by atoms with Crippen LogP contribution in [0.2, 0.25) is 0 Å². The van der Waals surface area contributed by atoms with Gasteiger partial charge in [0.15, 0.2) is 0 Å². The van der Waals surface area contributed by atoms with E-state index in [1.807, 2.05) is 31.0 Å². The first-order chi connectivity index (χ1) is 12.0. The maximum absolute atomic E-state index is 13.7. The summed E-state index contributed by atoms with van der Waals surface area (Å²) in [6, 6.07) is 20.3. The van der Waals surface area contributed by atoms with E-state index in [9.17, 15) is 9.18 Å². The zero-order valence-corrected chi connectivity index (χ0v) is 14.4. The van der Waals surface area contributed by atoms with Gasteiger partial charge >= 0.3 is 0 Å². The van der Waals surface area contributed by atoms with E-state index in [1.165, 1.54) is 16.8 Å². The summed E-state index contributed by atoms with van der Waals surface area (Å²) in [5.74, 6) is -0.659. The second-order valence-corrected chi connectivity index (χ2v) is 6.24. The molecule has 0 radical (unpaired) electrons. The highest BCUT2D eigenvalue weighted by atomic mass is 19.1. The molecule has 3 nitrogen and oxygen atoms in total. The number of benzene rings is 3. The molecule has 0 aliphatic rings. The summed E-state index contributed by atoms with van der Waals surface area (Å²) in [7, 11) is 1.89. The number of halogens is 1. The fraction of sp³-hybridized carbons (Fsp3) is 0.190. The Labute approximate surface area is 147 Å². The Bertz CT molecular complexity index is 894. The molecule has 1 N–H and O–H groups in total. The number of carbonyl (C=O) groups excluding carboxylic acids is 1. The van der Waals surface area contributed by atoms with Crippen LogP contribution in [0, 0.1) is 5.82 Å². The molecule has 3 aromatic carbocycles. The number of anilines is 1. The van der Waals surface area contributed by atoms with E-state index >= 15 is 0 Å². The van der Waals surface area contributed by atoms with Crippen LogP contribution in [0.4, 0.5) is 10.1 Å². The number of amides is 1. The van der Waals surface area contributed by atoms with Crippen LogP contribution in [-0.2, 0) is 11.3 Å². The van der Waals surface area contributed by atoms with Gasteiger partial charge in [-0.25, -0.2) is 4.39 Å². The number of para-hydroxylation sites is 1. The number of nitrogens with zero attached hydrogens (tertiary/aromatic N) is 1. The van der Waals surface area contributed by atoms with Gasteiger partial charge in [-0.1, -0.05) is 48.5 Å². The normalized spacial score (nSPS) is 12.3. The molecule has 0 fully saturated rings. The van der Waals surface area contributed by atoms with Crippen molar-refractivity contribution >= 4 is 22.4 Å². The fourth-order valence-corrected chi connectivity index (χ4v) is 2.76. The van der Waals surface area contributed by atoms with Gasteiger partial charge < -0.3 is 5.32 Å². The molecule has 1 atom stereocenters. The van der Waals surface area contributed by atoms with Gasteiger partial charge in [0.2, 0.25) is 5.91 Å². The lowest BCUT2D eigenvalue weighted by Crippen LogP contribution is -2.39. The van der Waals surface area contributed by atoms with Crippen molar-refractivity contribution in [3.05, 3.63) is 78.1 Å². The molecule has 0 aliphatic heterocycles. The summed E-state index contributed by atoms with van der Waals surface area (Å²) >= 11 is 0. The quantitative estimate of drug-likeness (QED) is 0.747. The zero-order chi connectivity index (χ0) is 17.8. The second-order valence-electron chi connectivity index (χ2n) is 6.24. The summed E-state index contributed by atoms with van der Waals surface area (Å²) in [4.78, 5) is 14.3. The van der Waals surface area contributed by atoms with E-state index in [0.29, 0.717) is 6.54 Å². The van der Waals surface area contributed by atoms with Gasteiger partial charge in [-0.15, -0.1) is 0 Å². The van der Waals surface area contributed by atoms with Gasteiger partial charge in [0.25, 0.3) is 0 Å². The van der Waals surface area contributed by atoms with E-state index in [0.717, 1.165) is 5.56 Å². The van der Waals surface area contributed by atoms with E-state index < -0.39 is 5.82 Å². The molecule has 128 valence electrons. The molecule has 0 bridgehead atoms. The van der Waals surface area contributed by atoms with E-state index in [4.69, 9.17) is 0 Å². The molecular weight excluding hydrogens is 315 g/mol. The molecular formula is C21H21FN2O. The first-order valence-corrected chi connectivity index (χ1v) is 8.28. The monoisotopic (exact) mass is 336 g/mol. The molecule has 3 aromatic rings. The fourth-order valence-electron chi connectivity index (χ4n) is 2.76. The minimum absolute atomic E-state index is 0.207. The average Bonchev–Trinajstić information content (AvgIpc) is 2.62. The van der Waals surface area contributed by atoms with Crippen molar-refractivity contribution in [2.45, 2.75) is 19.5 Å². The molecule has 0 aliphatic carbocycles. The van der Waals surface area contributed by atoms with Crippen LogP contribution < -0.4 is 5.32 Å². The highest BCUT2D eigenvalue weighted by Crippen LogP contribution is 2.18. The lowest BCUT2D eigenvalue weighted by molar-refractivity contribution is -0.120. The van der Waals surface area contributed by atoms with E-state index in [1.54, 1.807) is 18.2 Å². The Morgan fingerprint density at radius 1 is 1.04 bits per heavy atom. The molecule has 0 saturated carbocycles. The van der Waals surface area contributed by atoms with E-state index in [-0.39, 0.29) is 17.6 Å².